The highest BCUT2D eigenvalue weighted by atomic mass is 32.2. The minimum Gasteiger partial charge on any atom is -0.561 e. The minimum absolute atomic E-state index is 0.0417. The molecule has 4 nitrogen and oxygen atoms in total. The second-order valence-electron chi connectivity index (χ2n) is 3.59. The van der Waals surface area contributed by atoms with Gasteiger partial charge in [0.15, 0.2) is 0 Å². The summed E-state index contributed by atoms with van der Waals surface area (Å²) in [5.41, 5.74) is 0. The van der Waals surface area contributed by atoms with Gasteiger partial charge in [-0.2, -0.15) is 0 Å². The predicted octanol–water partition coefficient (Wildman–Crippen LogP) is -6.12. The van der Waals surface area contributed by atoms with Crippen LogP contribution >= 0.6 is 25.6 Å². The molecule has 66 valence electrons. The number of hydrogen-bond acceptors (Lipinski definition) is 6. The summed E-state index contributed by atoms with van der Waals surface area (Å²) in [6.07, 6.45) is 0. The lowest BCUT2D eigenvalue weighted by Gasteiger charge is -2.28. The van der Waals surface area contributed by atoms with Crippen molar-refractivity contribution in [2.45, 2.75) is 0 Å². The van der Waals surface area contributed by atoms with E-state index in [4.69, 9.17) is 0 Å². The fraction of sp³-hybridized carbons (Fsp3) is 0. The van der Waals surface area contributed by atoms with Crippen molar-refractivity contribution in [3.8, 4) is 0 Å². The highest BCUT2D eigenvalue weighted by molar-refractivity contribution is 7.95. The Kier molecular flexibility index (Phi) is 13.6. The van der Waals surface area contributed by atoms with Crippen LogP contribution in [0.2, 0.25) is 0 Å². The summed E-state index contributed by atoms with van der Waals surface area (Å²) >= 11 is 13.2. The molecule has 0 amide bonds. The van der Waals surface area contributed by atoms with Crippen LogP contribution in [0, 0.1) is 0 Å². The van der Waals surface area contributed by atoms with Gasteiger partial charge < -0.3 is 5.55 Å². The SMILES string of the molecule is [AlH2][N]([AlH2])[AlH][N]([AlH2])[AlH][N]([AlH2])[AlH][N](S)S. The lowest BCUT2D eigenvalue weighted by Crippen LogP contribution is -2.48. The molecule has 0 aliphatic rings. The number of nitrogens with zero attached hydrogens (tertiary/aromatic N) is 4. The predicted molar refractivity (Wildman–Crippen MR) is 81.0 cm³/mol. The summed E-state index contributed by atoms with van der Waals surface area (Å²) in [4.78, 5) is 0. The highest BCUT2D eigenvalue weighted by Crippen LogP contribution is 1.94. The normalized spacial score (nSPS) is 11.2. The molecule has 0 aliphatic carbocycles. The molecule has 13 heteroatoms. The second kappa shape index (κ2) is 10.2. The first-order chi connectivity index (χ1) is 5.91. The first kappa shape index (κ1) is 17.3. The smallest absolute Gasteiger partial charge is 0.443 e. The fourth-order valence-corrected chi connectivity index (χ4v) is 30.8. The maximum Gasteiger partial charge on any atom is 0.443 e. The molecule has 0 saturated carbocycles. The molecule has 0 unspecified atom stereocenters. The van der Waals surface area contributed by atoms with Gasteiger partial charge in [0, 0.05) is 0 Å². The molecule has 0 heterocycles. The zero-order valence-electron chi connectivity index (χ0n) is 8.80. The third-order valence-electron chi connectivity index (χ3n) is 1.38. The van der Waals surface area contributed by atoms with Crippen molar-refractivity contribution in [3.63, 3.8) is 0 Å². The monoisotopic (exact) mass is 322 g/mol. The maximum absolute atomic E-state index is 4.20. The van der Waals surface area contributed by atoms with E-state index in [1.165, 1.54) is 66.0 Å². The Balaban J connectivity index is 3.58. The number of rotatable bonds is 6. The van der Waals surface area contributed by atoms with E-state index >= 15 is 0 Å². The Bertz CT molecular complexity index is 118. The molecule has 13 heavy (non-hydrogen) atoms. The van der Waals surface area contributed by atoms with Gasteiger partial charge in [-0.05, 0) is 0 Å². The van der Waals surface area contributed by atoms with Crippen LogP contribution in [0.1, 0.15) is 0 Å². The molecule has 0 radical (unpaired) electrons. The molecule has 0 aromatic heterocycles. The zero-order chi connectivity index (χ0) is 10.4. The van der Waals surface area contributed by atoms with Crippen LogP contribution < -0.4 is 0 Å². The van der Waals surface area contributed by atoms with Crippen LogP contribution in [0.4, 0.5) is 0 Å². The van der Waals surface area contributed by atoms with E-state index in [2.05, 4.69) is 31.2 Å². The van der Waals surface area contributed by atoms with Crippen LogP contribution in [0.5, 0.6) is 0 Å². The standard InChI is InChI=1S/7Al.H2NS2.3N.11H/c;;;;;;;2-1-3;;;;;;;;;;;;;;/h;;;;;;;2-3H;;;;;;;;;;;;;;/q;;;;;;+1;-1;;;;;;;;;;;;;;. The first-order valence-electron chi connectivity index (χ1n) is 4.09. The quantitative estimate of drug-likeness (QED) is 0.373. The Morgan fingerprint density at radius 1 is 0.769 bits per heavy atom. The van der Waals surface area contributed by atoms with Crippen molar-refractivity contribution in [2.24, 2.45) is 0 Å². The Morgan fingerprint density at radius 3 is 1.62 bits per heavy atom. The van der Waals surface area contributed by atoms with Crippen molar-refractivity contribution < 1.29 is 0 Å². The van der Waals surface area contributed by atoms with Gasteiger partial charge in [-0.15, -0.1) is 25.6 Å². The fourth-order valence-electron chi connectivity index (χ4n) is 1.20. The molecule has 0 N–H and O–H groups in total. The third-order valence-corrected chi connectivity index (χ3v) is 12.4. The van der Waals surface area contributed by atoms with E-state index in [0.29, 0.717) is 0 Å². The average molecular weight is 322 g/mol. The van der Waals surface area contributed by atoms with Gasteiger partial charge in [-0.1, -0.05) is 0 Å². The van der Waals surface area contributed by atoms with E-state index in [1.807, 2.05) is 2.69 Å². The van der Waals surface area contributed by atoms with Crippen molar-refractivity contribution in [1.29, 1.82) is 0 Å². The zero-order valence-corrected chi connectivity index (χ0v) is 22.8. The molecule has 0 spiro atoms. The third kappa shape index (κ3) is 12.5. The lowest BCUT2D eigenvalue weighted by molar-refractivity contribution is 0.901. The average Bonchev–Trinajstić information content (AvgIpc) is 1.80. The van der Waals surface area contributed by atoms with Crippen LogP contribution in [0.15, 0.2) is 0 Å². The van der Waals surface area contributed by atoms with E-state index < -0.39 is 0 Å². The van der Waals surface area contributed by atoms with Gasteiger partial charge >= 0.3 is 47.0 Å². The second-order valence-corrected chi connectivity index (χ2v) is 29.7. The Hall–Kier alpha value is 4.27. The van der Waals surface area contributed by atoms with E-state index in [1.54, 1.807) is 0 Å². The number of thiol groups is 2. The number of hydrogen-bond donors (Lipinski definition) is 2. The largest absolute Gasteiger partial charge is 0.561 e. The summed E-state index contributed by atoms with van der Waals surface area (Å²) in [7, 11) is 0. The molecule has 0 aromatic rings. The van der Waals surface area contributed by atoms with Gasteiger partial charge in [0.1, 0.15) is 0 Å². The summed E-state index contributed by atoms with van der Waals surface area (Å²) in [6.45, 7) is 0. The van der Waals surface area contributed by atoms with Gasteiger partial charge in [0.2, 0.25) is 0 Å². The summed E-state index contributed by atoms with van der Waals surface area (Å²) in [5, 5.41) is 0. The van der Waals surface area contributed by atoms with Crippen molar-refractivity contribution in [3.05, 3.63) is 0 Å². The van der Waals surface area contributed by atoms with Gasteiger partial charge in [-0.3, -0.25) is 2.69 Å². The van der Waals surface area contributed by atoms with Crippen LogP contribution in [0.25, 0.3) is 0 Å². The molecule has 0 atom stereocenters. The van der Waals surface area contributed by atoms with Crippen LogP contribution in [0.3, 0.4) is 0 Å². The summed E-state index contributed by atoms with van der Waals surface area (Å²) in [5.74, 6) is 0. The van der Waals surface area contributed by atoms with Crippen LogP contribution in [-0.4, -0.2) is 121 Å². The molecule has 0 aromatic carbocycles. The van der Waals surface area contributed by atoms with E-state index in [-0.39, 0.29) is 47.0 Å². The Morgan fingerprint density at radius 2 is 1.23 bits per heavy atom. The van der Waals surface area contributed by atoms with E-state index in [0.717, 1.165) is 0 Å². The lowest BCUT2D eigenvalue weighted by atomic mass is 13.7. The first-order valence-corrected chi connectivity index (χ1v) is 12.3. The van der Waals surface area contributed by atoms with E-state index in [9.17, 15) is 0 Å². The van der Waals surface area contributed by atoms with Gasteiger partial charge in [-0.25, -0.2) is 0 Å². The van der Waals surface area contributed by atoms with Crippen molar-refractivity contribution in [2.75, 3.05) is 0 Å². The van der Waals surface area contributed by atoms with Gasteiger partial charge in [0.05, 0.1) is 0 Å². The maximum atomic E-state index is 4.20. The van der Waals surface area contributed by atoms with Crippen LogP contribution in [-0.2, 0) is 0 Å². The highest BCUT2D eigenvalue weighted by Gasteiger charge is 2.12. The molecular weight excluding hydrogens is 309 g/mol. The van der Waals surface area contributed by atoms with Crippen molar-refractivity contribution >= 4 is 139 Å². The molecule has 0 fully saturated rings. The Labute approximate surface area is 144 Å². The summed E-state index contributed by atoms with van der Waals surface area (Å²) < 4.78 is 9.88. The summed E-state index contributed by atoms with van der Waals surface area (Å²) in [6, 6.07) is 0. The van der Waals surface area contributed by atoms with Gasteiger partial charge in [0.25, 0.3) is 66.0 Å². The molecule has 0 saturated heterocycles. The topological polar surface area (TPSA) is 13.0 Å². The van der Waals surface area contributed by atoms with Crippen molar-refractivity contribution in [1.82, 2.24) is 8.25 Å². The molecular formula is H13Al7N4S2. The molecule has 0 rings (SSSR count). The minimum atomic E-state index is -0.281. The molecule has 0 aliphatic heterocycles. The molecule has 0 bridgehead atoms.